The van der Waals surface area contributed by atoms with E-state index >= 15 is 0 Å². The molecule has 1 aliphatic rings. The third-order valence-electron chi connectivity index (χ3n) is 3.96. The van der Waals surface area contributed by atoms with E-state index in [0.717, 1.165) is 6.42 Å². The Hall–Kier alpha value is -0.760. The number of rotatable bonds is 2. The maximum Gasteiger partial charge on any atom is 0.125 e. The molecule has 1 N–H and O–H groups in total. The monoisotopic (exact) mass is 269 g/mol. The molecule has 0 amide bonds. The van der Waals surface area contributed by atoms with Gasteiger partial charge in [-0.3, -0.25) is 0 Å². The van der Waals surface area contributed by atoms with E-state index in [4.69, 9.17) is 11.6 Å². The van der Waals surface area contributed by atoms with E-state index in [-0.39, 0.29) is 5.82 Å². The first-order chi connectivity index (χ1) is 8.37. The molecule has 0 bridgehead atoms. The van der Waals surface area contributed by atoms with Gasteiger partial charge in [0.1, 0.15) is 5.82 Å². The predicted molar refractivity (Wildman–Crippen MR) is 75.6 cm³/mol. The van der Waals surface area contributed by atoms with Crippen LogP contribution in [-0.2, 0) is 0 Å². The Labute approximate surface area is 114 Å². The second-order valence-corrected chi connectivity index (χ2v) is 6.67. The predicted octanol–water partition coefficient (Wildman–Crippen LogP) is 5.11. The van der Waals surface area contributed by atoms with Crippen LogP contribution < -0.4 is 5.32 Å². The Morgan fingerprint density at radius 3 is 2.78 bits per heavy atom. The first-order valence-corrected chi connectivity index (χ1v) is 6.97. The smallest absolute Gasteiger partial charge is 0.125 e. The summed E-state index contributed by atoms with van der Waals surface area (Å²) < 4.78 is 13.2. The molecule has 1 nitrogen and oxygen atoms in total. The van der Waals surface area contributed by atoms with Crippen LogP contribution in [0.4, 0.5) is 10.1 Å². The van der Waals surface area contributed by atoms with Gasteiger partial charge >= 0.3 is 0 Å². The normalized spacial score (nSPS) is 26.9. The lowest BCUT2D eigenvalue weighted by Gasteiger charge is -2.40. The SMILES string of the molecule is CC1CC(C)(C)CCC1Nc1cc(F)ccc1Cl. The zero-order chi connectivity index (χ0) is 13.3. The van der Waals surface area contributed by atoms with Crippen molar-refractivity contribution in [1.29, 1.82) is 0 Å². The first-order valence-electron chi connectivity index (χ1n) is 6.59. The van der Waals surface area contributed by atoms with E-state index in [1.165, 1.54) is 25.0 Å². The largest absolute Gasteiger partial charge is 0.381 e. The van der Waals surface area contributed by atoms with Crippen LogP contribution in [0.2, 0.25) is 5.02 Å². The Morgan fingerprint density at radius 1 is 1.39 bits per heavy atom. The fourth-order valence-corrected chi connectivity index (χ4v) is 3.14. The van der Waals surface area contributed by atoms with Crippen molar-refractivity contribution in [2.45, 2.75) is 46.1 Å². The van der Waals surface area contributed by atoms with E-state index in [1.54, 1.807) is 6.07 Å². The van der Waals surface area contributed by atoms with E-state index in [9.17, 15) is 4.39 Å². The van der Waals surface area contributed by atoms with Crippen LogP contribution in [0, 0.1) is 17.2 Å². The third-order valence-corrected chi connectivity index (χ3v) is 4.29. The minimum Gasteiger partial charge on any atom is -0.381 e. The Balaban J connectivity index is 2.08. The Bertz CT molecular complexity index is 431. The van der Waals surface area contributed by atoms with Crippen LogP contribution in [0.15, 0.2) is 18.2 Å². The van der Waals surface area contributed by atoms with Gasteiger partial charge in [-0.1, -0.05) is 32.4 Å². The van der Waals surface area contributed by atoms with Gasteiger partial charge in [-0.25, -0.2) is 4.39 Å². The molecular formula is C15H21ClFN. The second kappa shape index (κ2) is 5.08. The van der Waals surface area contributed by atoms with Crippen molar-refractivity contribution in [1.82, 2.24) is 0 Å². The molecule has 1 aromatic carbocycles. The summed E-state index contributed by atoms with van der Waals surface area (Å²) >= 11 is 6.09. The maximum atomic E-state index is 13.2. The van der Waals surface area contributed by atoms with Gasteiger partial charge in [0.2, 0.25) is 0 Å². The summed E-state index contributed by atoms with van der Waals surface area (Å²) in [6.07, 6.45) is 3.50. The molecule has 0 saturated heterocycles. The Morgan fingerprint density at radius 2 is 2.11 bits per heavy atom. The van der Waals surface area contributed by atoms with Crippen molar-refractivity contribution in [2.24, 2.45) is 11.3 Å². The van der Waals surface area contributed by atoms with E-state index in [0.29, 0.717) is 28.1 Å². The quantitative estimate of drug-likeness (QED) is 0.787. The lowest BCUT2D eigenvalue weighted by molar-refractivity contribution is 0.177. The van der Waals surface area contributed by atoms with E-state index in [1.807, 2.05) is 0 Å². The fourth-order valence-electron chi connectivity index (χ4n) is 2.97. The van der Waals surface area contributed by atoms with Crippen LogP contribution in [-0.4, -0.2) is 6.04 Å². The van der Waals surface area contributed by atoms with Gasteiger partial charge < -0.3 is 5.32 Å². The first kappa shape index (κ1) is 13.7. The van der Waals surface area contributed by atoms with Crippen molar-refractivity contribution in [2.75, 3.05) is 5.32 Å². The lowest BCUT2D eigenvalue weighted by Crippen LogP contribution is -2.36. The summed E-state index contributed by atoms with van der Waals surface area (Å²) in [7, 11) is 0. The summed E-state index contributed by atoms with van der Waals surface area (Å²) in [5, 5.41) is 4.00. The molecule has 2 atom stereocenters. The van der Waals surface area contributed by atoms with Crippen molar-refractivity contribution < 1.29 is 4.39 Å². The molecule has 0 heterocycles. The van der Waals surface area contributed by atoms with E-state index in [2.05, 4.69) is 26.1 Å². The molecule has 2 unspecified atom stereocenters. The molecule has 0 aliphatic heterocycles. The number of hydrogen-bond donors (Lipinski definition) is 1. The standard InChI is InChI=1S/C15H21ClFN/c1-10-9-15(2,3)7-6-13(10)18-14-8-11(17)4-5-12(14)16/h4-5,8,10,13,18H,6-7,9H2,1-3H3. The van der Waals surface area contributed by atoms with Gasteiger partial charge in [0, 0.05) is 6.04 Å². The maximum absolute atomic E-state index is 13.2. The molecule has 100 valence electrons. The van der Waals surface area contributed by atoms with Crippen LogP contribution in [0.25, 0.3) is 0 Å². The molecule has 1 aromatic rings. The zero-order valence-corrected chi connectivity index (χ0v) is 12.0. The van der Waals surface area contributed by atoms with Gasteiger partial charge in [0.15, 0.2) is 0 Å². The van der Waals surface area contributed by atoms with Gasteiger partial charge in [-0.2, -0.15) is 0 Å². The molecular weight excluding hydrogens is 249 g/mol. The average molecular weight is 270 g/mol. The number of anilines is 1. The molecule has 0 radical (unpaired) electrons. The van der Waals surface area contributed by atoms with Crippen molar-refractivity contribution in [3.63, 3.8) is 0 Å². The molecule has 2 rings (SSSR count). The topological polar surface area (TPSA) is 12.0 Å². The highest BCUT2D eigenvalue weighted by Crippen LogP contribution is 2.40. The second-order valence-electron chi connectivity index (χ2n) is 6.26. The number of benzene rings is 1. The van der Waals surface area contributed by atoms with Crippen molar-refractivity contribution >= 4 is 17.3 Å². The molecule has 1 fully saturated rings. The highest BCUT2D eigenvalue weighted by Gasteiger charge is 2.32. The molecule has 3 heteroatoms. The molecule has 1 aliphatic carbocycles. The van der Waals surface area contributed by atoms with Crippen LogP contribution in [0.1, 0.15) is 40.0 Å². The molecule has 18 heavy (non-hydrogen) atoms. The van der Waals surface area contributed by atoms with Gasteiger partial charge in [0.05, 0.1) is 10.7 Å². The van der Waals surface area contributed by atoms with Gasteiger partial charge in [0.25, 0.3) is 0 Å². The molecule has 0 spiro atoms. The van der Waals surface area contributed by atoms with Crippen LogP contribution >= 0.6 is 11.6 Å². The minimum absolute atomic E-state index is 0.245. The van der Waals surface area contributed by atoms with Crippen LogP contribution in [0.3, 0.4) is 0 Å². The number of nitrogens with one attached hydrogen (secondary N) is 1. The summed E-state index contributed by atoms with van der Waals surface area (Å²) in [4.78, 5) is 0. The fraction of sp³-hybridized carbons (Fsp3) is 0.600. The lowest BCUT2D eigenvalue weighted by atomic mass is 9.70. The van der Waals surface area contributed by atoms with E-state index < -0.39 is 0 Å². The summed E-state index contributed by atoms with van der Waals surface area (Å²) in [6, 6.07) is 4.86. The number of hydrogen-bond acceptors (Lipinski definition) is 1. The Kier molecular flexibility index (Phi) is 3.86. The zero-order valence-electron chi connectivity index (χ0n) is 11.3. The highest BCUT2D eigenvalue weighted by molar-refractivity contribution is 6.33. The molecule has 1 saturated carbocycles. The van der Waals surface area contributed by atoms with Crippen molar-refractivity contribution in [3.05, 3.63) is 29.0 Å². The summed E-state index contributed by atoms with van der Waals surface area (Å²) in [6.45, 7) is 6.88. The number of halogens is 2. The average Bonchev–Trinajstić information content (AvgIpc) is 2.26. The van der Waals surface area contributed by atoms with Gasteiger partial charge in [-0.05, 0) is 48.8 Å². The highest BCUT2D eigenvalue weighted by atomic mass is 35.5. The minimum atomic E-state index is -0.245. The summed E-state index contributed by atoms with van der Waals surface area (Å²) in [5.74, 6) is 0.332. The van der Waals surface area contributed by atoms with Crippen LogP contribution in [0.5, 0.6) is 0 Å². The summed E-state index contributed by atoms with van der Waals surface area (Å²) in [5.41, 5.74) is 1.14. The third kappa shape index (κ3) is 3.17. The van der Waals surface area contributed by atoms with Gasteiger partial charge in [-0.15, -0.1) is 0 Å². The van der Waals surface area contributed by atoms with Crippen molar-refractivity contribution in [3.8, 4) is 0 Å². The molecule has 0 aromatic heterocycles.